The van der Waals surface area contributed by atoms with Crippen LogP contribution in [0.3, 0.4) is 0 Å². The number of hydrogen-bond donors (Lipinski definition) is 2. The van der Waals surface area contributed by atoms with Gasteiger partial charge < -0.3 is 10.4 Å². The van der Waals surface area contributed by atoms with Crippen LogP contribution in [0.25, 0.3) is 0 Å². The predicted molar refractivity (Wildman–Crippen MR) is 78.0 cm³/mol. The summed E-state index contributed by atoms with van der Waals surface area (Å²) >= 11 is 0. The maximum Gasteiger partial charge on any atom is 0.0549 e. The first-order valence-corrected chi connectivity index (χ1v) is 6.94. The second-order valence-corrected chi connectivity index (χ2v) is 5.32. The normalized spacial score (nSPS) is 14.6. The monoisotopic (exact) mass is 249 g/mol. The highest BCUT2D eigenvalue weighted by Gasteiger charge is 2.10. The molecule has 2 unspecified atom stereocenters. The summed E-state index contributed by atoms with van der Waals surface area (Å²) in [5, 5.41) is 13.0. The van der Waals surface area contributed by atoms with Gasteiger partial charge in [-0.2, -0.15) is 0 Å². The van der Waals surface area contributed by atoms with Crippen LogP contribution in [0.2, 0.25) is 0 Å². The fraction of sp³-hybridized carbons (Fsp3) is 0.625. The molecule has 0 spiro atoms. The van der Waals surface area contributed by atoms with E-state index in [2.05, 4.69) is 45.1 Å². The van der Waals surface area contributed by atoms with Crippen molar-refractivity contribution < 1.29 is 5.11 Å². The van der Waals surface area contributed by atoms with Gasteiger partial charge in [0.2, 0.25) is 0 Å². The van der Waals surface area contributed by atoms with E-state index in [0.717, 1.165) is 19.4 Å². The summed E-state index contributed by atoms with van der Waals surface area (Å²) in [4.78, 5) is 0. The van der Waals surface area contributed by atoms with Crippen molar-refractivity contribution in [2.75, 3.05) is 6.54 Å². The summed E-state index contributed by atoms with van der Waals surface area (Å²) in [6.45, 7) is 11.5. The molecule has 18 heavy (non-hydrogen) atoms. The number of aryl methyl sites for hydroxylation is 3. The fourth-order valence-corrected chi connectivity index (χ4v) is 2.23. The van der Waals surface area contributed by atoms with Gasteiger partial charge in [0.15, 0.2) is 0 Å². The van der Waals surface area contributed by atoms with E-state index in [4.69, 9.17) is 0 Å². The van der Waals surface area contributed by atoms with E-state index in [0.29, 0.717) is 6.04 Å². The largest absolute Gasteiger partial charge is 0.393 e. The molecule has 2 nitrogen and oxygen atoms in total. The Bertz CT molecular complexity index is 387. The number of aliphatic hydroxyl groups is 1. The topological polar surface area (TPSA) is 32.3 Å². The third-order valence-electron chi connectivity index (χ3n) is 3.75. The smallest absolute Gasteiger partial charge is 0.0549 e. The Morgan fingerprint density at radius 3 is 2.33 bits per heavy atom. The molecular formula is C16H27NO. The quantitative estimate of drug-likeness (QED) is 0.809. The Hall–Kier alpha value is -0.860. The first kappa shape index (κ1) is 15.2. The standard InChI is InChI=1S/C16H27NO/c1-6-15(18)7-8-17-14(5)16-10-12(3)11(2)9-13(16)4/h9-10,14-15,17-18H,6-8H2,1-5H3. The van der Waals surface area contributed by atoms with E-state index in [-0.39, 0.29) is 6.10 Å². The molecule has 0 radical (unpaired) electrons. The minimum absolute atomic E-state index is 0.175. The summed E-state index contributed by atoms with van der Waals surface area (Å²) in [7, 11) is 0. The van der Waals surface area contributed by atoms with E-state index in [1.54, 1.807) is 0 Å². The van der Waals surface area contributed by atoms with E-state index in [1.165, 1.54) is 22.3 Å². The highest BCUT2D eigenvalue weighted by atomic mass is 16.3. The Morgan fingerprint density at radius 1 is 1.11 bits per heavy atom. The molecule has 0 fully saturated rings. The zero-order valence-electron chi connectivity index (χ0n) is 12.4. The lowest BCUT2D eigenvalue weighted by molar-refractivity contribution is 0.159. The Balaban J connectivity index is 2.61. The van der Waals surface area contributed by atoms with Crippen molar-refractivity contribution in [1.82, 2.24) is 5.32 Å². The van der Waals surface area contributed by atoms with Gasteiger partial charge in [0.25, 0.3) is 0 Å². The lowest BCUT2D eigenvalue weighted by Crippen LogP contribution is -2.24. The second kappa shape index (κ2) is 6.91. The SMILES string of the molecule is CCC(O)CCNC(C)c1cc(C)c(C)cc1C. The molecule has 2 N–H and O–H groups in total. The molecule has 0 saturated carbocycles. The summed E-state index contributed by atoms with van der Waals surface area (Å²) in [6.07, 6.45) is 1.48. The fourth-order valence-electron chi connectivity index (χ4n) is 2.23. The van der Waals surface area contributed by atoms with Crippen LogP contribution in [0.4, 0.5) is 0 Å². The first-order chi connectivity index (χ1) is 8.45. The van der Waals surface area contributed by atoms with Crippen LogP contribution in [-0.2, 0) is 0 Å². The second-order valence-electron chi connectivity index (χ2n) is 5.32. The van der Waals surface area contributed by atoms with E-state index < -0.39 is 0 Å². The average Bonchev–Trinajstić information content (AvgIpc) is 2.33. The summed E-state index contributed by atoms with van der Waals surface area (Å²) < 4.78 is 0. The van der Waals surface area contributed by atoms with Gasteiger partial charge in [0, 0.05) is 6.04 Å². The van der Waals surface area contributed by atoms with Gasteiger partial charge in [-0.25, -0.2) is 0 Å². The molecule has 0 bridgehead atoms. The minimum Gasteiger partial charge on any atom is -0.393 e. The molecule has 0 aliphatic heterocycles. The first-order valence-electron chi connectivity index (χ1n) is 6.94. The number of rotatable bonds is 6. The van der Waals surface area contributed by atoms with E-state index >= 15 is 0 Å². The highest BCUT2D eigenvalue weighted by Crippen LogP contribution is 2.21. The number of aliphatic hydroxyl groups excluding tert-OH is 1. The molecule has 0 aliphatic rings. The molecule has 1 aromatic rings. The van der Waals surface area contributed by atoms with Crippen LogP contribution >= 0.6 is 0 Å². The molecule has 0 heterocycles. The van der Waals surface area contributed by atoms with Gasteiger partial charge in [-0.15, -0.1) is 0 Å². The van der Waals surface area contributed by atoms with Crippen molar-refractivity contribution >= 4 is 0 Å². The molecular weight excluding hydrogens is 222 g/mol. The lowest BCUT2D eigenvalue weighted by atomic mass is 9.96. The van der Waals surface area contributed by atoms with E-state index in [9.17, 15) is 5.11 Å². The number of hydrogen-bond acceptors (Lipinski definition) is 2. The van der Waals surface area contributed by atoms with Crippen LogP contribution in [-0.4, -0.2) is 17.8 Å². The van der Waals surface area contributed by atoms with Crippen molar-refractivity contribution in [3.05, 3.63) is 34.4 Å². The van der Waals surface area contributed by atoms with Gasteiger partial charge >= 0.3 is 0 Å². The van der Waals surface area contributed by atoms with Crippen molar-refractivity contribution in [3.63, 3.8) is 0 Å². The summed E-state index contributed by atoms with van der Waals surface area (Å²) in [5.74, 6) is 0. The molecule has 2 atom stereocenters. The Morgan fingerprint density at radius 2 is 1.72 bits per heavy atom. The minimum atomic E-state index is -0.175. The predicted octanol–water partition coefficient (Wildman–Crippen LogP) is 3.42. The lowest BCUT2D eigenvalue weighted by Gasteiger charge is -2.19. The van der Waals surface area contributed by atoms with Crippen LogP contribution in [0.5, 0.6) is 0 Å². The average molecular weight is 249 g/mol. The highest BCUT2D eigenvalue weighted by molar-refractivity contribution is 5.37. The molecule has 1 rings (SSSR count). The maximum atomic E-state index is 9.54. The third-order valence-corrected chi connectivity index (χ3v) is 3.75. The molecule has 0 amide bonds. The zero-order valence-corrected chi connectivity index (χ0v) is 12.4. The van der Waals surface area contributed by atoms with Crippen molar-refractivity contribution in [2.24, 2.45) is 0 Å². The van der Waals surface area contributed by atoms with E-state index in [1.807, 2.05) is 6.92 Å². The molecule has 1 aromatic carbocycles. The molecule has 2 heteroatoms. The van der Waals surface area contributed by atoms with Crippen molar-refractivity contribution in [3.8, 4) is 0 Å². The van der Waals surface area contributed by atoms with Gasteiger partial charge in [0.05, 0.1) is 6.10 Å². The molecule has 0 aromatic heterocycles. The molecule has 102 valence electrons. The molecule has 0 saturated heterocycles. The van der Waals surface area contributed by atoms with Crippen LogP contribution in [0, 0.1) is 20.8 Å². The molecule has 0 aliphatic carbocycles. The van der Waals surface area contributed by atoms with Gasteiger partial charge in [-0.3, -0.25) is 0 Å². The zero-order chi connectivity index (χ0) is 13.7. The van der Waals surface area contributed by atoms with Gasteiger partial charge in [0.1, 0.15) is 0 Å². The van der Waals surface area contributed by atoms with Gasteiger partial charge in [-0.1, -0.05) is 19.1 Å². The summed E-state index contributed by atoms with van der Waals surface area (Å²) in [5.41, 5.74) is 5.40. The van der Waals surface area contributed by atoms with Gasteiger partial charge in [-0.05, 0) is 69.3 Å². The number of nitrogens with one attached hydrogen (secondary N) is 1. The Labute approximate surface area is 111 Å². The van der Waals surface area contributed by atoms with Crippen LogP contribution < -0.4 is 5.32 Å². The van der Waals surface area contributed by atoms with Crippen molar-refractivity contribution in [2.45, 2.75) is 59.6 Å². The summed E-state index contributed by atoms with van der Waals surface area (Å²) in [6, 6.07) is 4.87. The Kier molecular flexibility index (Phi) is 5.83. The third kappa shape index (κ3) is 4.11. The maximum absolute atomic E-state index is 9.54. The van der Waals surface area contributed by atoms with Crippen LogP contribution in [0.1, 0.15) is 55.0 Å². The van der Waals surface area contributed by atoms with Crippen LogP contribution in [0.15, 0.2) is 12.1 Å². The number of benzene rings is 1. The van der Waals surface area contributed by atoms with Crippen molar-refractivity contribution in [1.29, 1.82) is 0 Å².